The van der Waals surface area contributed by atoms with Crippen LogP contribution < -0.4 is 5.30 Å². The Kier molecular flexibility index (Phi) is 6.69. The number of rotatable bonds is 8. The summed E-state index contributed by atoms with van der Waals surface area (Å²) in [6, 6.07) is 6.56. The molecule has 0 saturated heterocycles. The van der Waals surface area contributed by atoms with Crippen molar-refractivity contribution in [3.8, 4) is 0 Å². The van der Waals surface area contributed by atoms with Crippen molar-refractivity contribution in [3.05, 3.63) is 29.8 Å². The molecule has 0 amide bonds. The van der Waals surface area contributed by atoms with Gasteiger partial charge in [-0.2, -0.15) is 0 Å². The molecule has 1 rings (SSSR count). The molecule has 0 aliphatic heterocycles. The normalized spacial score (nSPS) is 13.5. The zero-order valence-corrected chi connectivity index (χ0v) is 12.4. The zero-order chi connectivity index (χ0) is 14.3. The van der Waals surface area contributed by atoms with Crippen molar-refractivity contribution >= 4 is 12.9 Å². The number of hydrogen-bond donors (Lipinski definition) is 1. The van der Waals surface area contributed by atoms with Crippen molar-refractivity contribution in [1.82, 2.24) is 0 Å². The minimum Gasteiger partial charge on any atom is -0.364 e. The van der Waals surface area contributed by atoms with Gasteiger partial charge in [0.05, 0.1) is 18.5 Å². The summed E-state index contributed by atoms with van der Waals surface area (Å²) in [6.45, 7) is 6.36. The van der Waals surface area contributed by atoms with Crippen LogP contribution in [0.4, 0.5) is 0 Å². The van der Waals surface area contributed by atoms with Gasteiger partial charge in [0.25, 0.3) is 0 Å². The Morgan fingerprint density at radius 1 is 1.05 bits per heavy atom. The molecule has 19 heavy (non-hydrogen) atoms. The van der Waals surface area contributed by atoms with Crippen molar-refractivity contribution < 1.29 is 23.5 Å². The second-order valence-electron chi connectivity index (χ2n) is 3.73. The highest BCUT2D eigenvalue weighted by Gasteiger charge is 2.26. The molecule has 0 bridgehead atoms. The van der Waals surface area contributed by atoms with E-state index >= 15 is 0 Å². The predicted octanol–water partition coefficient (Wildman–Crippen LogP) is 2.61. The lowest BCUT2D eigenvalue weighted by atomic mass is 10.2. The maximum atomic E-state index is 12.5. The Labute approximate surface area is 114 Å². The van der Waals surface area contributed by atoms with Crippen LogP contribution in [-0.2, 0) is 18.3 Å². The van der Waals surface area contributed by atoms with E-state index in [0.29, 0.717) is 30.7 Å². The standard InChI is InChI=1S/C13H21O5P/c1-4-16-13(14)11-7-9-12(10-8-11)19(15,17-5-2)18-6-3/h7-10,13-14H,4-6H2,1-3H3. The van der Waals surface area contributed by atoms with Crippen LogP contribution in [0, 0.1) is 0 Å². The highest BCUT2D eigenvalue weighted by molar-refractivity contribution is 7.62. The van der Waals surface area contributed by atoms with Crippen LogP contribution in [0.5, 0.6) is 0 Å². The van der Waals surface area contributed by atoms with E-state index in [0.717, 1.165) is 0 Å². The van der Waals surface area contributed by atoms with Gasteiger partial charge in [0.2, 0.25) is 0 Å². The van der Waals surface area contributed by atoms with E-state index in [-0.39, 0.29) is 0 Å². The highest BCUT2D eigenvalue weighted by Crippen LogP contribution is 2.46. The van der Waals surface area contributed by atoms with Crippen molar-refractivity contribution in [2.75, 3.05) is 19.8 Å². The van der Waals surface area contributed by atoms with Crippen molar-refractivity contribution in [2.24, 2.45) is 0 Å². The first-order valence-electron chi connectivity index (χ1n) is 6.36. The molecule has 1 unspecified atom stereocenters. The third-order valence-corrected chi connectivity index (χ3v) is 4.54. The average Bonchev–Trinajstić information content (AvgIpc) is 2.40. The third-order valence-electron chi connectivity index (χ3n) is 2.42. The highest BCUT2D eigenvalue weighted by atomic mass is 31.2. The first-order valence-corrected chi connectivity index (χ1v) is 7.91. The Morgan fingerprint density at radius 2 is 1.58 bits per heavy atom. The quantitative estimate of drug-likeness (QED) is 0.588. The van der Waals surface area contributed by atoms with E-state index in [4.69, 9.17) is 13.8 Å². The van der Waals surface area contributed by atoms with Crippen LogP contribution in [0.25, 0.3) is 0 Å². The first kappa shape index (κ1) is 16.3. The summed E-state index contributed by atoms with van der Waals surface area (Å²) >= 11 is 0. The smallest absolute Gasteiger partial charge is 0.361 e. The van der Waals surface area contributed by atoms with Gasteiger partial charge in [-0.05, 0) is 32.9 Å². The topological polar surface area (TPSA) is 65.0 Å². The molecule has 1 aromatic rings. The molecule has 0 aliphatic carbocycles. The van der Waals surface area contributed by atoms with Crippen molar-refractivity contribution in [2.45, 2.75) is 27.1 Å². The Balaban J connectivity index is 2.92. The molecule has 108 valence electrons. The second-order valence-corrected chi connectivity index (χ2v) is 5.76. The summed E-state index contributed by atoms with van der Waals surface area (Å²) in [5.41, 5.74) is 0.602. The number of hydrogen-bond acceptors (Lipinski definition) is 5. The van der Waals surface area contributed by atoms with Crippen LogP contribution in [0.1, 0.15) is 32.6 Å². The van der Waals surface area contributed by atoms with Crippen molar-refractivity contribution in [1.29, 1.82) is 0 Å². The fourth-order valence-electron chi connectivity index (χ4n) is 1.60. The van der Waals surface area contributed by atoms with Gasteiger partial charge in [-0.1, -0.05) is 12.1 Å². The molecule has 0 saturated carbocycles. The molecular formula is C13H21O5P. The van der Waals surface area contributed by atoms with Gasteiger partial charge in [0.15, 0.2) is 6.29 Å². The largest absolute Gasteiger partial charge is 0.364 e. The number of benzene rings is 1. The van der Waals surface area contributed by atoms with E-state index in [9.17, 15) is 9.67 Å². The van der Waals surface area contributed by atoms with Crippen LogP contribution in [0.3, 0.4) is 0 Å². The summed E-state index contributed by atoms with van der Waals surface area (Å²) < 4.78 is 28.0. The number of aliphatic hydroxyl groups excluding tert-OH is 1. The molecule has 0 heterocycles. The van der Waals surface area contributed by atoms with E-state index in [2.05, 4.69) is 0 Å². The molecule has 1 N–H and O–H groups in total. The summed E-state index contributed by atoms with van der Waals surface area (Å²) in [5, 5.41) is 10.1. The molecule has 6 heteroatoms. The van der Waals surface area contributed by atoms with E-state index in [1.165, 1.54) is 0 Å². The lowest BCUT2D eigenvalue weighted by molar-refractivity contribution is -0.0979. The lowest BCUT2D eigenvalue weighted by Gasteiger charge is -2.18. The molecule has 1 aromatic carbocycles. The van der Waals surface area contributed by atoms with E-state index < -0.39 is 13.9 Å². The van der Waals surface area contributed by atoms with Gasteiger partial charge < -0.3 is 18.9 Å². The molecule has 0 spiro atoms. The monoisotopic (exact) mass is 288 g/mol. The summed E-state index contributed by atoms with van der Waals surface area (Å²) in [5.74, 6) is 0. The van der Waals surface area contributed by atoms with E-state index in [1.807, 2.05) is 0 Å². The predicted molar refractivity (Wildman–Crippen MR) is 73.5 cm³/mol. The average molecular weight is 288 g/mol. The maximum Gasteiger partial charge on any atom is 0.361 e. The Hall–Kier alpha value is -0.710. The summed E-state index contributed by atoms with van der Waals surface area (Å²) in [7, 11) is -3.26. The SMILES string of the molecule is CCOC(O)c1ccc(P(=O)(OCC)OCC)cc1. The van der Waals surface area contributed by atoms with Gasteiger partial charge >= 0.3 is 7.60 Å². The Morgan fingerprint density at radius 3 is 2.00 bits per heavy atom. The lowest BCUT2D eigenvalue weighted by Crippen LogP contribution is -2.12. The van der Waals surface area contributed by atoms with Crippen LogP contribution in [-0.4, -0.2) is 24.9 Å². The molecule has 0 radical (unpaired) electrons. The molecule has 5 nitrogen and oxygen atoms in total. The number of aliphatic hydroxyl groups is 1. The van der Waals surface area contributed by atoms with Crippen LogP contribution in [0.15, 0.2) is 24.3 Å². The second kappa shape index (κ2) is 7.78. The fourth-order valence-corrected chi connectivity index (χ4v) is 3.17. The van der Waals surface area contributed by atoms with Crippen LogP contribution >= 0.6 is 7.60 Å². The maximum absolute atomic E-state index is 12.5. The Bertz CT molecular complexity index is 408. The number of ether oxygens (including phenoxy) is 1. The van der Waals surface area contributed by atoms with Gasteiger partial charge in [0.1, 0.15) is 0 Å². The third kappa shape index (κ3) is 4.41. The zero-order valence-electron chi connectivity index (χ0n) is 11.5. The minimum atomic E-state index is -3.26. The summed E-state index contributed by atoms with van der Waals surface area (Å²) in [6.07, 6.45) is -0.974. The molecule has 0 aliphatic rings. The molecule has 0 aromatic heterocycles. The van der Waals surface area contributed by atoms with Gasteiger partial charge in [0, 0.05) is 12.2 Å². The van der Waals surface area contributed by atoms with Gasteiger partial charge in [-0.15, -0.1) is 0 Å². The fraction of sp³-hybridized carbons (Fsp3) is 0.538. The minimum absolute atomic E-state index is 0.306. The van der Waals surface area contributed by atoms with Crippen molar-refractivity contribution in [3.63, 3.8) is 0 Å². The van der Waals surface area contributed by atoms with Gasteiger partial charge in [-0.25, -0.2) is 0 Å². The first-order chi connectivity index (χ1) is 9.07. The van der Waals surface area contributed by atoms with E-state index in [1.54, 1.807) is 45.0 Å². The molecule has 1 atom stereocenters. The summed E-state index contributed by atoms with van der Waals surface area (Å²) in [4.78, 5) is 0. The molecule has 0 fully saturated rings. The molecular weight excluding hydrogens is 267 g/mol. The van der Waals surface area contributed by atoms with Gasteiger partial charge in [-0.3, -0.25) is 4.57 Å². The van der Waals surface area contributed by atoms with Crippen LogP contribution in [0.2, 0.25) is 0 Å².